The number of hydrogen-bond donors (Lipinski definition) is 1. The molecular formula is C13H14BrN3O. The molecule has 1 N–H and O–H groups in total. The van der Waals surface area contributed by atoms with Gasteiger partial charge in [-0.15, -0.1) is 0 Å². The fourth-order valence-corrected chi connectivity index (χ4v) is 2.28. The molecular weight excluding hydrogens is 294 g/mol. The van der Waals surface area contributed by atoms with Gasteiger partial charge in [0.1, 0.15) is 0 Å². The minimum absolute atomic E-state index is 0.167. The van der Waals surface area contributed by atoms with Crippen molar-refractivity contribution < 1.29 is 4.79 Å². The number of benzene rings is 1. The van der Waals surface area contributed by atoms with Crippen molar-refractivity contribution in [3.63, 3.8) is 0 Å². The molecule has 1 aromatic heterocycles. The number of aromatic nitrogens is 2. The van der Waals surface area contributed by atoms with Gasteiger partial charge < -0.3 is 5.32 Å². The van der Waals surface area contributed by atoms with Crippen LogP contribution in [-0.4, -0.2) is 15.7 Å². The topological polar surface area (TPSA) is 46.9 Å². The summed E-state index contributed by atoms with van der Waals surface area (Å²) in [5.41, 5.74) is 2.70. The average Bonchev–Trinajstić information content (AvgIpc) is 2.57. The van der Waals surface area contributed by atoms with Gasteiger partial charge in [0.05, 0.1) is 5.56 Å². The Morgan fingerprint density at radius 2 is 2.06 bits per heavy atom. The molecule has 0 radical (unpaired) electrons. The highest BCUT2D eigenvalue weighted by atomic mass is 79.9. The van der Waals surface area contributed by atoms with Crippen molar-refractivity contribution in [2.24, 2.45) is 7.05 Å². The standard InChI is InChI=1S/C13H14BrN3O/c1-8-4-5-10(11(14)6-8)13(18)15-12-7-9(2)17(3)16-12/h4-7H,1-3H3,(H,15,16,18). The number of carbonyl (C=O) groups is 1. The number of nitrogens with one attached hydrogen (secondary N) is 1. The summed E-state index contributed by atoms with van der Waals surface area (Å²) in [5, 5.41) is 6.97. The third-order valence-electron chi connectivity index (χ3n) is 2.72. The summed E-state index contributed by atoms with van der Waals surface area (Å²) in [7, 11) is 1.84. The number of hydrogen-bond acceptors (Lipinski definition) is 2. The van der Waals surface area contributed by atoms with E-state index in [4.69, 9.17) is 0 Å². The van der Waals surface area contributed by atoms with E-state index in [1.165, 1.54) is 0 Å². The lowest BCUT2D eigenvalue weighted by molar-refractivity contribution is 0.102. The summed E-state index contributed by atoms with van der Waals surface area (Å²) in [6.07, 6.45) is 0. The van der Waals surface area contributed by atoms with Crippen LogP contribution in [0.3, 0.4) is 0 Å². The second-order valence-corrected chi connectivity index (χ2v) is 5.09. The molecule has 0 saturated heterocycles. The zero-order valence-corrected chi connectivity index (χ0v) is 12.1. The van der Waals surface area contributed by atoms with Crippen LogP contribution in [0.4, 0.5) is 5.82 Å². The Bertz CT molecular complexity index is 585. The van der Waals surface area contributed by atoms with Crippen molar-refractivity contribution in [3.8, 4) is 0 Å². The number of halogens is 1. The molecule has 18 heavy (non-hydrogen) atoms. The Hall–Kier alpha value is -1.62. The van der Waals surface area contributed by atoms with Crippen LogP contribution in [0.5, 0.6) is 0 Å². The quantitative estimate of drug-likeness (QED) is 0.927. The zero-order chi connectivity index (χ0) is 13.3. The van der Waals surface area contributed by atoms with Crippen LogP contribution in [0.2, 0.25) is 0 Å². The smallest absolute Gasteiger partial charge is 0.258 e. The van der Waals surface area contributed by atoms with E-state index in [1.807, 2.05) is 39.1 Å². The largest absolute Gasteiger partial charge is 0.305 e. The first-order chi connectivity index (χ1) is 8.47. The van der Waals surface area contributed by atoms with Gasteiger partial charge in [0.25, 0.3) is 5.91 Å². The van der Waals surface area contributed by atoms with E-state index >= 15 is 0 Å². The fourth-order valence-electron chi connectivity index (χ4n) is 1.61. The molecule has 1 heterocycles. The highest BCUT2D eigenvalue weighted by Crippen LogP contribution is 2.19. The molecule has 0 unspecified atom stereocenters. The third-order valence-corrected chi connectivity index (χ3v) is 3.38. The van der Waals surface area contributed by atoms with Crippen molar-refractivity contribution >= 4 is 27.7 Å². The van der Waals surface area contributed by atoms with Gasteiger partial charge >= 0.3 is 0 Å². The molecule has 4 nitrogen and oxygen atoms in total. The van der Waals surface area contributed by atoms with Crippen LogP contribution in [0.1, 0.15) is 21.6 Å². The maximum absolute atomic E-state index is 12.1. The lowest BCUT2D eigenvalue weighted by Crippen LogP contribution is -2.13. The van der Waals surface area contributed by atoms with E-state index in [-0.39, 0.29) is 5.91 Å². The summed E-state index contributed by atoms with van der Waals surface area (Å²) in [5.74, 6) is 0.396. The van der Waals surface area contributed by atoms with E-state index < -0.39 is 0 Å². The van der Waals surface area contributed by atoms with Crippen LogP contribution in [0.25, 0.3) is 0 Å². The van der Waals surface area contributed by atoms with Gasteiger partial charge in [-0.3, -0.25) is 9.48 Å². The monoisotopic (exact) mass is 307 g/mol. The van der Waals surface area contributed by atoms with Gasteiger partial charge in [0, 0.05) is 23.3 Å². The van der Waals surface area contributed by atoms with Crippen LogP contribution < -0.4 is 5.32 Å². The summed E-state index contributed by atoms with van der Waals surface area (Å²) in [6, 6.07) is 7.45. The third kappa shape index (κ3) is 2.61. The summed E-state index contributed by atoms with van der Waals surface area (Å²) < 4.78 is 2.51. The van der Waals surface area contributed by atoms with Crippen molar-refractivity contribution in [1.82, 2.24) is 9.78 Å². The second kappa shape index (κ2) is 4.94. The summed E-state index contributed by atoms with van der Waals surface area (Å²) in [6.45, 7) is 3.92. The Labute approximate surface area is 114 Å². The number of nitrogens with zero attached hydrogens (tertiary/aromatic N) is 2. The SMILES string of the molecule is Cc1ccc(C(=O)Nc2cc(C)n(C)n2)c(Br)c1. The van der Waals surface area contributed by atoms with Crippen molar-refractivity contribution in [3.05, 3.63) is 45.6 Å². The van der Waals surface area contributed by atoms with Crippen molar-refractivity contribution in [2.45, 2.75) is 13.8 Å². The fraction of sp³-hybridized carbons (Fsp3) is 0.231. The first-order valence-corrected chi connectivity index (χ1v) is 6.35. The molecule has 0 aliphatic carbocycles. The first-order valence-electron chi connectivity index (χ1n) is 5.55. The number of anilines is 1. The highest BCUT2D eigenvalue weighted by molar-refractivity contribution is 9.10. The Balaban J connectivity index is 2.22. The maximum atomic E-state index is 12.1. The van der Waals surface area contributed by atoms with E-state index in [0.717, 1.165) is 15.7 Å². The molecule has 0 atom stereocenters. The summed E-state index contributed by atoms with van der Waals surface area (Å²) in [4.78, 5) is 12.1. The molecule has 0 saturated carbocycles. The molecule has 1 amide bonds. The molecule has 0 fully saturated rings. The second-order valence-electron chi connectivity index (χ2n) is 4.23. The van der Waals surface area contributed by atoms with Crippen LogP contribution in [0.15, 0.2) is 28.7 Å². The number of amides is 1. The Morgan fingerprint density at radius 3 is 2.61 bits per heavy atom. The van der Waals surface area contributed by atoms with E-state index in [1.54, 1.807) is 10.7 Å². The lowest BCUT2D eigenvalue weighted by atomic mass is 10.1. The van der Waals surface area contributed by atoms with Crippen LogP contribution in [-0.2, 0) is 7.05 Å². The normalized spacial score (nSPS) is 10.4. The molecule has 2 rings (SSSR count). The van der Waals surface area contributed by atoms with Gasteiger partial charge in [0.15, 0.2) is 5.82 Å². The predicted octanol–water partition coefficient (Wildman–Crippen LogP) is 3.05. The molecule has 1 aromatic carbocycles. The van der Waals surface area contributed by atoms with Crippen LogP contribution >= 0.6 is 15.9 Å². The summed E-state index contributed by atoms with van der Waals surface area (Å²) >= 11 is 3.39. The average molecular weight is 308 g/mol. The highest BCUT2D eigenvalue weighted by Gasteiger charge is 2.12. The number of rotatable bonds is 2. The van der Waals surface area contributed by atoms with E-state index in [0.29, 0.717) is 11.4 Å². The van der Waals surface area contributed by atoms with Gasteiger partial charge in [-0.2, -0.15) is 5.10 Å². The molecule has 0 bridgehead atoms. The molecule has 94 valence electrons. The maximum Gasteiger partial charge on any atom is 0.258 e. The first kappa shape index (κ1) is 12.8. The number of carbonyl (C=O) groups excluding carboxylic acids is 1. The molecule has 0 aliphatic rings. The molecule has 2 aromatic rings. The minimum Gasteiger partial charge on any atom is -0.305 e. The van der Waals surface area contributed by atoms with Crippen LogP contribution in [0, 0.1) is 13.8 Å². The Kier molecular flexibility index (Phi) is 3.52. The van der Waals surface area contributed by atoms with E-state index in [2.05, 4.69) is 26.3 Å². The zero-order valence-electron chi connectivity index (χ0n) is 10.5. The van der Waals surface area contributed by atoms with Crippen molar-refractivity contribution in [1.29, 1.82) is 0 Å². The lowest BCUT2D eigenvalue weighted by Gasteiger charge is -2.05. The van der Waals surface area contributed by atoms with Crippen molar-refractivity contribution in [2.75, 3.05) is 5.32 Å². The van der Waals surface area contributed by atoms with Gasteiger partial charge in [-0.1, -0.05) is 6.07 Å². The molecule has 5 heteroatoms. The minimum atomic E-state index is -0.167. The van der Waals surface area contributed by atoms with Gasteiger partial charge in [0.2, 0.25) is 0 Å². The van der Waals surface area contributed by atoms with Gasteiger partial charge in [-0.05, 0) is 47.5 Å². The number of aryl methyl sites for hydroxylation is 3. The predicted molar refractivity (Wildman–Crippen MR) is 74.8 cm³/mol. The molecule has 0 spiro atoms. The van der Waals surface area contributed by atoms with E-state index in [9.17, 15) is 4.79 Å². The van der Waals surface area contributed by atoms with Gasteiger partial charge in [-0.25, -0.2) is 0 Å². The Morgan fingerprint density at radius 1 is 1.33 bits per heavy atom. The molecule has 0 aliphatic heterocycles.